The number of carbonyl (C=O) groups excluding carboxylic acids is 1. The van der Waals surface area contributed by atoms with E-state index in [-0.39, 0.29) is 12.2 Å². The molecule has 0 unspecified atom stereocenters. The SMILES string of the molecule is Cc1cccc(-n2nnnc2SC[C@H]2CNC(=O)O2)c1C. The molecule has 1 N–H and O–H groups in total. The third-order valence-electron chi connectivity index (χ3n) is 3.39. The summed E-state index contributed by atoms with van der Waals surface area (Å²) >= 11 is 1.47. The number of alkyl carbamates (subject to hydrolysis) is 1. The number of hydrogen-bond donors (Lipinski definition) is 1. The molecule has 1 aliphatic rings. The van der Waals surface area contributed by atoms with Crippen LogP contribution in [0.4, 0.5) is 4.79 Å². The summed E-state index contributed by atoms with van der Waals surface area (Å²) in [7, 11) is 0. The first-order valence-electron chi connectivity index (χ1n) is 6.57. The Labute approximate surface area is 126 Å². The van der Waals surface area contributed by atoms with Gasteiger partial charge in [-0.25, -0.2) is 4.79 Å². The zero-order chi connectivity index (χ0) is 14.8. The fourth-order valence-electron chi connectivity index (χ4n) is 2.08. The molecule has 1 atom stereocenters. The van der Waals surface area contributed by atoms with E-state index in [4.69, 9.17) is 4.74 Å². The smallest absolute Gasteiger partial charge is 0.407 e. The Kier molecular flexibility index (Phi) is 3.78. The highest BCUT2D eigenvalue weighted by Gasteiger charge is 2.23. The normalized spacial score (nSPS) is 17.6. The first kappa shape index (κ1) is 13.9. The average Bonchev–Trinajstić information content (AvgIpc) is 3.08. The van der Waals surface area contributed by atoms with Crippen molar-refractivity contribution in [1.82, 2.24) is 25.5 Å². The van der Waals surface area contributed by atoms with Gasteiger partial charge in [0.15, 0.2) is 0 Å². The van der Waals surface area contributed by atoms with Crippen molar-refractivity contribution in [2.45, 2.75) is 25.1 Å². The van der Waals surface area contributed by atoms with Gasteiger partial charge < -0.3 is 10.1 Å². The van der Waals surface area contributed by atoms with Crippen LogP contribution in [0.25, 0.3) is 5.69 Å². The minimum Gasteiger partial charge on any atom is -0.443 e. The van der Waals surface area contributed by atoms with E-state index in [1.807, 2.05) is 19.1 Å². The highest BCUT2D eigenvalue weighted by atomic mass is 32.2. The van der Waals surface area contributed by atoms with Crippen LogP contribution in [0.15, 0.2) is 23.4 Å². The predicted octanol–water partition coefficient (Wildman–Crippen LogP) is 1.48. The van der Waals surface area contributed by atoms with Gasteiger partial charge in [-0.05, 0) is 41.5 Å². The van der Waals surface area contributed by atoms with E-state index in [9.17, 15) is 4.79 Å². The molecular weight excluding hydrogens is 290 g/mol. The molecule has 0 saturated carbocycles. The van der Waals surface area contributed by atoms with Gasteiger partial charge >= 0.3 is 6.09 Å². The number of ether oxygens (including phenoxy) is 1. The van der Waals surface area contributed by atoms with Gasteiger partial charge in [-0.1, -0.05) is 23.9 Å². The van der Waals surface area contributed by atoms with E-state index in [1.54, 1.807) is 4.68 Å². The summed E-state index contributed by atoms with van der Waals surface area (Å²) in [5.74, 6) is 0.615. The second kappa shape index (κ2) is 5.72. The number of rotatable bonds is 4. The summed E-state index contributed by atoms with van der Waals surface area (Å²) in [6.45, 7) is 4.62. The molecule has 1 aromatic heterocycles. The molecule has 7 nitrogen and oxygen atoms in total. The van der Waals surface area contributed by atoms with Crippen molar-refractivity contribution < 1.29 is 9.53 Å². The van der Waals surface area contributed by atoms with Crippen LogP contribution < -0.4 is 5.32 Å². The summed E-state index contributed by atoms with van der Waals surface area (Å²) in [6, 6.07) is 6.02. The van der Waals surface area contributed by atoms with Crippen LogP contribution in [0.2, 0.25) is 0 Å². The van der Waals surface area contributed by atoms with Gasteiger partial charge in [0.2, 0.25) is 5.16 Å². The van der Waals surface area contributed by atoms with Crippen LogP contribution >= 0.6 is 11.8 Å². The molecule has 2 aromatic rings. The molecule has 1 saturated heterocycles. The lowest BCUT2D eigenvalue weighted by Crippen LogP contribution is -2.17. The number of carbonyl (C=O) groups is 1. The summed E-state index contributed by atoms with van der Waals surface area (Å²) < 4.78 is 6.82. The van der Waals surface area contributed by atoms with Crippen molar-refractivity contribution >= 4 is 17.9 Å². The average molecular weight is 305 g/mol. The molecule has 8 heteroatoms. The lowest BCUT2D eigenvalue weighted by molar-refractivity contribution is 0.150. The molecule has 0 radical (unpaired) electrons. The number of amides is 1. The lowest BCUT2D eigenvalue weighted by Gasteiger charge is -2.10. The highest BCUT2D eigenvalue weighted by Crippen LogP contribution is 2.23. The molecule has 1 amide bonds. The van der Waals surface area contributed by atoms with Gasteiger partial charge in [-0.2, -0.15) is 4.68 Å². The molecule has 0 spiro atoms. The van der Waals surface area contributed by atoms with E-state index < -0.39 is 0 Å². The summed E-state index contributed by atoms with van der Waals surface area (Å²) in [6.07, 6.45) is -0.513. The first-order valence-corrected chi connectivity index (χ1v) is 7.56. The van der Waals surface area contributed by atoms with Crippen molar-refractivity contribution in [3.05, 3.63) is 29.3 Å². The predicted molar refractivity (Wildman–Crippen MR) is 77.6 cm³/mol. The van der Waals surface area contributed by atoms with Crippen molar-refractivity contribution in [3.8, 4) is 5.69 Å². The van der Waals surface area contributed by atoms with E-state index in [2.05, 4.69) is 33.8 Å². The van der Waals surface area contributed by atoms with Crippen LogP contribution in [0.1, 0.15) is 11.1 Å². The van der Waals surface area contributed by atoms with Crippen molar-refractivity contribution in [1.29, 1.82) is 0 Å². The Bertz CT molecular complexity index is 672. The second-order valence-electron chi connectivity index (χ2n) is 4.81. The Morgan fingerprint density at radius 2 is 2.33 bits per heavy atom. The fourth-order valence-corrected chi connectivity index (χ4v) is 2.95. The minimum absolute atomic E-state index is 0.147. The lowest BCUT2D eigenvalue weighted by atomic mass is 10.1. The number of nitrogens with one attached hydrogen (secondary N) is 1. The van der Waals surface area contributed by atoms with E-state index in [1.165, 1.54) is 17.3 Å². The van der Waals surface area contributed by atoms with Gasteiger partial charge in [0, 0.05) is 5.75 Å². The van der Waals surface area contributed by atoms with Gasteiger partial charge in [0.25, 0.3) is 0 Å². The fraction of sp³-hybridized carbons (Fsp3) is 0.385. The Morgan fingerprint density at radius 1 is 1.48 bits per heavy atom. The van der Waals surface area contributed by atoms with Gasteiger partial charge in [0.05, 0.1) is 12.2 Å². The van der Waals surface area contributed by atoms with Crippen LogP contribution in [0.5, 0.6) is 0 Å². The molecule has 2 heterocycles. The zero-order valence-corrected chi connectivity index (χ0v) is 12.6. The number of cyclic esters (lactones) is 1. The largest absolute Gasteiger partial charge is 0.443 e. The molecule has 21 heavy (non-hydrogen) atoms. The minimum atomic E-state index is -0.366. The number of aromatic nitrogens is 4. The number of hydrogen-bond acceptors (Lipinski definition) is 6. The molecule has 1 aromatic carbocycles. The van der Waals surface area contributed by atoms with Gasteiger partial charge in [0.1, 0.15) is 6.10 Å². The molecule has 0 bridgehead atoms. The maximum atomic E-state index is 11.0. The van der Waals surface area contributed by atoms with E-state index in [0.717, 1.165) is 11.3 Å². The highest BCUT2D eigenvalue weighted by molar-refractivity contribution is 7.99. The quantitative estimate of drug-likeness (QED) is 0.862. The first-order chi connectivity index (χ1) is 10.1. The number of aryl methyl sites for hydroxylation is 1. The number of nitrogens with zero attached hydrogens (tertiary/aromatic N) is 4. The molecule has 3 rings (SSSR count). The van der Waals surface area contributed by atoms with Crippen LogP contribution in [0, 0.1) is 13.8 Å². The summed E-state index contributed by atoms with van der Waals surface area (Å²) in [4.78, 5) is 11.0. The summed E-state index contributed by atoms with van der Waals surface area (Å²) in [5, 5.41) is 15.2. The maximum absolute atomic E-state index is 11.0. The number of tetrazole rings is 1. The molecule has 1 fully saturated rings. The molecule has 110 valence electrons. The van der Waals surface area contributed by atoms with Crippen LogP contribution in [-0.2, 0) is 4.74 Å². The van der Waals surface area contributed by atoms with Gasteiger partial charge in [-0.15, -0.1) is 5.10 Å². The van der Waals surface area contributed by atoms with E-state index >= 15 is 0 Å². The van der Waals surface area contributed by atoms with Crippen molar-refractivity contribution in [2.75, 3.05) is 12.3 Å². The number of benzene rings is 1. The zero-order valence-electron chi connectivity index (χ0n) is 11.7. The third kappa shape index (κ3) is 2.85. The number of thioether (sulfide) groups is 1. The molecule has 0 aliphatic carbocycles. The van der Waals surface area contributed by atoms with Crippen molar-refractivity contribution in [2.24, 2.45) is 0 Å². The Hall–Kier alpha value is -2.09. The van der Waals surface area contributed by atoms with E-state index in [0.29, 0.717) is 17.5 Å². The second-order valence-corrected chi connectivity index (χ2v) is 5.80. The van der Waals surface area contributed by atoms with Gasteiger partial charge in [-0.3, -0.25) is 0 Å². The topological polar surface area (TPSA) is 81.9 Å². The Morgan fingerprint density at radius 3 is 3.10 bits per heavy atom. The molecular formula is C13H15N5O2S. The standard InChI is InChI=1S/C13H15N5O2S/c1-8-4-3-5-11(9(8)2)18-12(15-16-17-18)21-7-10-6-14-13(19)20-10/h3-5,10H,6-7H2,1-2H3,(H,14,19)/t10-/m1/s1. The van der Waals surface area contributed by atoms with Crippen molar-refractivity contribution in [3.63, 3.8) is 0 Å². The molecule has 1 aliphatic heterocycles. The van der Waals surface area contributed by atoms with Crippen LogP contribution in [0.3, 0.4) is 0 Å². The maximum Gasteiger partial charge on any atom is 0.407 e. The summed E-state index contributed by atoms with van der Waals surface area (Å²) in [5.41, 5.74) is 3.29. The van der Waals surface area contributed by atoms with Crippen LogP contribution in [-0.4, -0.2) is 44.7 Å². The Balaban J connectivity index is 1.78. The monoisotopic (exact) mass is 305 g/mol. The third-order valence-corrected chi connectivity index (χ3v) is 4.44.